The zero-order valence-corrected chi connectivity index (χ0v) is 37.4. The molecule has 344 valence electrons. The molecule has 4 amide bonds. The molecule has 64 heavy (non-hydrogen) atoms. The highest BCUT2D eigenvalue weighted by Gasteiger charge is 2.57. The molecule has 0 radical (unpaired) electrons. The number of fused-ring (bicyclic) bond motifs is 3. The molecule has 1 aromatic heterocycles. The van der Waals surface area contributed by atoms with E-state index in [-0.39, 0.29) is 66.4 Å². The number of carbonyl (C=O) groups excluding carboxylic acids is 4. The third kappa shape index (κ3) is 7.76. The van der Waals surface area contributed by atoms with E-state index in [1.165, 1.54) is 6.07 Å². The molecule has 5 N–H and O–H groups in total. The highest BCUT2D eigenvalue weighted by atomic mass is 19.1. The molecule has 6 unspecified atom stereocenters. The van der Waals surface area contributed by atoms with Crippen LogP contribution in [-0.4, -0.2) is 120 Å². The number of likely N-dealkylation sites (tertiary alicyclic amines) is 1. The van der Waals surface area contributed by atoms with Crippen LogP contribution in [0.15, 0.2) is 48.4 Å². The van der Waals surface area contributed by atoms with Gasteiger partial charge in [-0.05, 0) is 99.3 Å². The number of hydrogen-bond donors (Lipinski definition) is 4. The van der Waals surface area contributed by atoms with E-state index >= 15 is 9.18 Å². The number of nitrogens with two attached hydrogens (primary N) is 1. The first-order valence-electron chi connectivity index (χ1n) is 23.6. The molecular formula is C48H64FN9O6. The van der Waals surface area contributed by atoms with Gasteiger partial charge in [-0.3, -0.25) is 24.5 Å². The van der Waals surface area contributed by atoms with Crippen LogP contribution in [0.25, 0.3) is 0 Å². The monoisotopic (exact) mass is 881 g/mol. The summed E-state index contributed by atoms with van der Waals surface area (Å²) in [6, 6.07) is 4.85. The first kappa shape index (κ1) is 44.3. The predicted molar refractivity (Wildman–Crippen MR) is 240 cm³/mol. The van der Waals surface area contributed by atoms with Crippen LogP contribution in [0, 0.1) is 23.6 Å². The molecule has 16 heteroatoms. The molecule has 2 saturated carbocycles. The van der Waals surface area contributed by atoms with E-state index in [0.717, 1.165) is 84.1 Å². The number of carbonyl (C=O) groups is 4. The second-order valence-corrected chi connectivity index (χ2v) is 19.4. The number of halogens is 1. The zero-order valence-electron chi connectivity index (χ0n) is 37.4. The van der Waals surface area contributed by atoms with Crippen molar-refractivity contribution in [1.29, 1.82) is 0 Å². The fraction of sp³-hybridized carbons (Fsp3) is 0.625. The van der Waals surface area contributed by atoms with Gasteiger partial charge in [0.15, 0.2) is 5.82 Å². The lowest BCUT2D eigenvalue weighted by molar-refractivity contribution is -0.134. The van der Waals surface area contributed by atoms with Gasteiger partial charge in [-0.15, -0.1) is 0 Å². The Morgan fingerprint density at radius 3 is 2.44 bits per heavy atom. The molecule has 5 heterocycles. The number of allylic oxidation sites excluding steroid dienone is 2. The lowest BCUT2D eigenvalue weighted by Crippen LogP contribution is -2.69. The number of aromatic nitrogens is 2. The topological polar surface area (TPSA) is 187 Å². The second kappa shape index (κ2) is 17.8. The number of ether oxygens (including phenoxy) is 1. The van der Waals surface area contributed by atoms with E-state index < -0.39 is 22.9 Å². The number of nitrogens with one attached hydrogen (secondary N) is 2. The van der Waals surface area contributed by atoms with Crippen molar-refractivity contribution in [2.75, 3.05) is 68.2 Å². The Hall–Kier alpha value is -4.93. The number of piperidine rings is 3. The third-order valence-electron chi connectivity index (χ3n) is 15.9. The van der Waals surface area contributed by atoms with Crippen molar-refractivity contribution >= 4 is 40.8 Å². The molecule has 2 aromatic rings. The fourth-order valence-electron chi connectivity index (χ4n) is 12.5. The van der Waals surface area contributed by atoms with Crippen molar-refractivity contribution in [2.24, 2.45) is 23.5 Å². The van der Waals surface area contributed by atoms with Crippen molar-refractivity contribution in [3.05, 3.63) is 65.6 Å². The zero-order chi connectivity index (χ0) is 44.9. The largest absolute Gasteiger partial charge is 0.500 e. The van der Waals surface area contributed by atoms with Gasteiger partial charge in [0.05, 0.1) is 30.5 Å². The number of likely N-dealkylation sites (N-methyl/N-ethyl adjacent to an activating group) is 1. The number of aliphatic hydroxyl groups excluding tert-OH is 1. The standard InChI is InChI=1S/C48H64FN9O6/c1-4-36-45(62)55(2)38-25-51-42(53-43(38)58(36)33-8-5-6-9-33)41-39(64-3)10-7-19-47(41,50)46(63)54-48(20-23-59)31-12-13-32(48)28-56(27-31)26-29-17-21-57(22-18-29)37-15-11-30(24-35(37)49)34-14-16-40(60)52-44(34)61/h7,10-11,15,19,24-25,29,31-34,36,41,59H,4-6,8-9,12-14,16-18,20-23,26-28,50H2,1-3H3,(H,54,63)(H,52,60,61). The second-order valence-electron chi connectivity index (χ2n) is 19.4. The van der Waals surface area contributed by atoms with Crippen LogP contribution >= 0.6 is 0 Å². The normalized spacial score (nSPS) is 31.3. The maximum Gasteiger partial charge on any atom is 0.249 e. The average Bonchev–Trinajstić information content (AvgIpc) is 3.86. The van der Waals surface area contributed by atoms with Crippen molar-refractivity contribution < 1.29 is 33.4 Å². The van der Waals surface area contributed by atoms with Crippen LogP contribution in [0.1, 0.15) is 107 Å². The Balaban J connectivity index is 0.889. The summed E-state index contributed by atoms with van der Waals surface area (Å²) in [5.41, 5.74) is 6.81. The van der Waals surface area contributed by atoms with E-state index in [9.17, 15) is 19.5 Å². The minimum Gasteiger partial charge on any atom is -0.500 e. The molecule has 15 nitrogen and oxygen atoms in total. The van der Waals surface area contributed by atoms with Gasteiger partial charge >= 0.3 is 0 Å². The summed E-state index contributed by atoms with van der Waals surface area (Å²) < 4.78 is 21.4. The predicted octanol–water partition coefficient (Wildman–Crippen LogP) is 4.02. The maximum absolute atomic E-state index is 15.5. The highest BCUT2D eigenvalue weighted by Crippen LogP contribution is 2.49. The molecule has 0 spiro atoms. The number of anilines is 3. The first-order chi connectivity index (χ1) is 30.9. The minimum absolute atomic E-state index is 0.0218. The summed E-state index contributed by atoms with van der Waals surface area (Å²) in [4.78, 5) is 71.1. The SMILES string of the molecule is CCC1C(=O)N(C)c2cnc(C3C(OC)=CC=CC3(N)C(=O)NC3(CCO)C4CCC3CN(CC3CCN(c5ccc(C6CCC(=O)NC6=O)cc5F)CC3)C4)nc2N1C1CCCC1. The Morgan fingerprint density at radius 1 is 1.05 bits per heavy atom. The van der Waals surface area contributed by atoms with Gasteiger partial charge in [0.1, 0.15) is 40.6 Å². The first-order valence-corrected chi connectivity index (χ1v) is 23.6. The number of benzene rings is 1. The third-order valence-corrected chi connectivity index (χ3v) is 15.9. The van der Waals surface area contributed by atoms with Crippen LogP contribution in [0.2, 0.25) is 0 Å². The Kier molecular flexibility index (Phi) is 12.3. The lowest BCUT2D eigenvalue weighted by atomic mass is 9.72. The van der Waals surface area contributed by atoms with Crippen molar-refractivity contribution in [3.63, 3.8) is 0 Å². The number of amides is 4. The van der Waals surface area contributed by atoms with E-state index in [0.29, 0.717) is 59.5 Å². The van der Waals surface area contributed by atoms with Crippen LogP contribution in [0.3, 0.4) is 0 Å². The van der Waals surface area contributed by atoms with Gasteiger partial charge in [0.25, 0.3) is 0 Å². The number of methoxy groups -OCH3 is 1. The minimum atomic E-state index is -1.62. The maximum atomic E-state index is 15.5. The Morgan fingerprint density at radius 2 is 1.78 bits per heavy atom. The van der Waals surface area contributed by atoms with Gasteiger partial charge in [0, 0.05) is 58.8 Å². The van der Waals surface area contributed by atoms with Crippen molar-refractivity contribution in [1.82, 2.24) is 25.5 Å². The summed E-state index contributed by atoms with van der Waals surface area (Å²) in [6.45, 7) is 5.86. The molecule has 4 aliphatic heterocycles. The smallest absolute Gasteiger partial charge is 0.249 e. The summed E-state index contributed by atoms with van der Waals surface area (Å²) in [5, 5.41) is 16.4. The van der Waals surface area contributed by atoms with E-state index in [1.807, 2.05) is 13.0 Å². The summed E-state index contributed by atoms with van der Waals surface area (Å²) in [7, 11) is 3.33. The number of nitrogens with zero attached hydrogens (tertiary/aromatic N) is 6. The fourth-order valence-corrected chi connectivity index (χ4v) is 12.5. The van der Waals surface area contributed by atoms with Gasteiger partial charge in [-0.25, -0.2) is 14.4 Å². The molecule has 2 bridgehead atoms. The number of rotatable bonds is 12. The van der Waals surface area contributed by atoms with Crippen molar-refractivity contribution in [3.8, 4) is 0 Å². The van der Waals surface area contributed by atoms with Crippen LogP contribution < -0.4 is 31.1 Å². The molecule has 6 atom stereocenters. The lowest BCUT2D eigenvalue weighted by Gasteiger charge is -2.50. The van der Waals surface area contributed by atoms with Crippen molar-refractivity contribution in [2.45, 2.75) is 119 Å². The molecule has 3 saturated heterocycles. The molecule has 7 aliphatic rings. The average molecular weight is 882 g/mol. The molecule has 3 aliphatic carbocycles. The van der Waals surface area contributed by atoms with Crippen LogP contribution in [0.4, 0.5) is 21.6 Å². The number of imide groups is 1. The van der Waals surface area contributed by atoms with Gasteiger partial charge in [0.2, 0.25) is 23.6 Å². The van der Waals surface area contributed by atoms with Gasteiger partial charge in [-0.1, -0.05) is 38.0 Å². The molecule has 9 rings (SSSR count). The van der Waals surface area contributed by atoms with E-state index in [2.05, 4.69) is 25.3 Å². The number of hydrogen-bond acceptors (Lipinski definition) is 12. The quantitative estimate of drug-likeness (QED) is 0.225. The summed E-state index contributed by atoms with van der Waals surface area (Å²) >= 11 is 0. The van der Waals surface area contributed by atoms with Gasteiger partial charge in [-0.2, -0.15) is 0 Å². The summed E-state index contributed by atoms with van der Waals surface area (Å²) in [5.74, 6) is -0.615. The van der Waals surface area contributed by atoms with Crippen LogP contribution in [0.5, 0.6) is 0 Å². The molecular weight excluding hydrogens is 818 g/mol. The Bertz CT molecular complexity index is 2190. The highest BCUT2D eigenvalue weighted by molar-refractivity contribution is 6.04. The molecule has 5 fully saturated rings. The summed E-state index contributed by atoms with van der Waals surface area (Å²) in [6.07, 6.45) is 16.4. The van der Waals surface area contributed by atoms with Crippen LogP contribution in [-0.2, 0) is 23.9 Å². The number of aliphatic hydroxyl groups is 1. The molecule has 1 aromatic carbocycles. The van der Waals surface area contributed by atoms with Gasteiger partial charge < -0.3 is 40.5 Å². The van der Waals surface area contributed by atoms with E-state index in [1.54, 1.807) is 49.5 Å². The van der Waals surface area contributed by atoms with E-state index in [4.69, 9.17) is 20.4 Å². The Labute approximate surface area is 375 Å².